The number of hydrogen-bond donors (Lipinski definition) is 3. The molecule has 0 saturated heterocycles. The van der Waals surface area contributed by atoms with Crippen LogP contribution in [0.15, 0.2) is 12.1 Å². The normalized spacial score (nSPS) is 14.8. The number of amides is 1. The molecule has 1 amide bonds. The Bertz CT molecular complexity index is 494. The van der Waals surface area contributed by atoms with Crippen LogP contribution in [0.4, 0.5) is 11.4 Å². The fraction of sp³-hybridized carbons (Fsp3) is 0.500. The lowest BCUT2D eigenvalue weighted by molar-refractivity contribution is -0.115. The van der Waals surface area contributed by atoms with E-state index < -0.39 is 0 Å². The summed E-state index contributed by atoms with van der Waals surface area (Å²) in [5, 5.41) is 6.76. The quantitative estimate of drug-likeness (QED) is 0.719. The van der Waals surface area contributed by atoms with Crippen LogP contribution < -0.4 is 16.4 Å². The van der Waals surface area contributed by atoms with Gasteiger partial charge in [-0.05, 0) is 37.1 Å². The van der Waals surface area contributed by atoms with E-state index in [1.165, 1.54) is 0 Å². The molecule has 1 aliphatic heterocycles. The Hall–Kier alpha value is -1.30. The largest absolute Gasteiger partial charge is 0.383 e. The first-order chi connectivity index (χ1) is 9.63. The van der Waals surface area contributed by atoms with E-state index in [1.807, 2.05) is 6.07 Å². The molecule has 2 rings (SSSR count). The van der Waals surface area contributed by atoms with Crippen molar-refractivity contribution < 1.29 is 9.53 Å². The van der Waals surface area contributed by atoms with Crippen molar-refractivity contribution in [3.63, 3.8) is 0 Å². The highest BCUT2D eigenvalue weighted by Gasteiger charge is 2.20. The smallest absolute Gasteiger partial charge is 0.228 e. The van der Waals surface area contributed by atoms with E-state index in [9.17, 15) is 4.79 Å². The van der Waals surface area contributed by atoms with Gasteiger partial charge in [-0.1, -0.05) is 11.6 Å². The Kier molecular flexibility index (Phi) is 5.23. The van der Waals surface area contributed by atoms with Gasteiger partial charge in [0.25, 0.3) is 0 Å². The molecule has 1 aliphatic rings. The van der Waals surface area contributed by atoms with E-state index in [-0.39, 0.29) is 11.9 Å². The van der Waals surface area contributed by atoms with Gasteiger partial charge < -0.3 is 21.1 Å². The molecule has 20 heavy (non-hydrogen) atoms. The third kappa shape index (κ3) is 3.62. The molecule has 0 bridgehead atoms. The molecule has 6 heteroatoms. The standard InChI is InChI=1S/C14H20ClN3O2/c1-20-8-10(3-2-4-16)17-13-5-9-6-14(19)18-12(9)7-11(13)15/h5,7,10,17H,2-4,6,8,16H2,1H3,(H,18,19). The Morgan fingerprint density at radius 3 is 3.05 bits per heavy atom. The highest BCUT2D eigenvalue weighted by Crippen LogP contribution is 2.33. The Labute approximate surface area is 123 Å². The molecule has 1 unspecified atom stereocenters. The summed E-state index contributed by atoms with van der Waals surface area (Å²) in [5.41, 5.74) is 8.15. The zero-order chi connectivity index (χ0) is 14.5. The van der Waals surface area contributed by atoms with Crippen LogP contribution in [-0.2, 0) is 16.0 Å². The first kappa shape index (κ1) is 15.1. The number of ether oxygens (including phenoxy) is 1. The zero-order valence-corrected chi connectivity index (χ0v) is 12.3. The lowest BCUT2D eigenvalue weighted by atomic mass is 10.1. The minimum atomic E-state index is 0.00444. The molecule has 0 saturated carbocycles. The van der Waals surface area contributed by atoms with E-state index >= 15 is 0 Å². The van der Waals surface area contributed by atoms with Gasteiger partial charge in [0.15, 0.2) is 0 Å². The maximum Gasteiger partial charge on any atom is 0.228 e. The van der Waals surface area contributed by atoms with Gasteiger partial charge in [-0.2, -0.15) is 0 Å². The van der Waals surface area contributed by atoms with Gasteiger partial charge in [-0.25, -0.2) is 0 Å². The van der Waals surface area contributed by atoms with Crippen molar-refractivity contribution in [2.24, 2.45) is 5.73 Å². The SMILES string of the molecule is COCC(CCCN)Nc1cc2c(cc1Cl)NC(=O)C2. The molecule has 0 aliphatic carbocycles. The third-order valence-electron chi connectivity index (χ3n) is 3.30. The van der Waals surface area contributed by atoms with Crippen LogP contribution in [0.1, 0.15) is 18.4 Å². The monoisotopic (exact) mass is 297 g/mol. The number of carbonyl (C=O) groups excluding carboxylic acids is 1. The summed E-state index contributed by atoms with van der Waals surface area (Å²) in [6, 6.07) is 3.88. The van der Waals surface area contributed by atoms with Crippen molar-refractivity contribution in [2.45, 2.75) is 25.3 Å². The maximum atomic E-state index is 11.4. The summed E-state index contributed by atoms with van der Waals surface area (Å²) in [6.45, 7) is 1.24. The average Bonchev–Trinajstić information content (AvgIpc) is 2.75. The summed E-state index contributed by atoms with van der Waals surface area (Å²) in [7, 11) is 1.67. The topological polar surface area (TPSA) is 76.4 Å². The second kappa shape index (κ2) is 6.92. The molecule has 4 N–H and O–H groups in total. The molecule has 1 heterocycles. The maximum absolute atomic E-state index is 11.4. The predicted molar refractivity (Wildman–Crippen MR) is 81.4 cm³/mol. The molecular formula is C14H20ClN3O2. The van der Waals surface area contributed by atoms with Gasteiger partial charge in [0.05, 0.1) is 23.7 Å². The molecule has 0 fully saturated rings. The Morgan fingerprint density at radius 2 is 2.35 bits per heavy atom. The molecule has 110 valence electrons. The van der Waals surface area contributed by atoms with E-state index in [2.05, 4.69) is 10.6 Å². The number of fused-ring (bicyclic) bond motifs is 1. The molecule has 1 atom stereocenters. The molecule has 0 aromatic heterocycles. The number of carbonyl (C=O) groups is 1. The Balaban J connectivity index is 2.11. The van der Waals surface area contributed by atoms with Crippen molar-refractivity contribution >= 4 is 28.9 Å². The van der Waals surface area contributed by atoms with Crippen molar-refractivity contribution in [2.75, 3.05) is 30.9 Å². The average molecular weight is 298 g/mol. The van der Waals surface area contributed by atoms with Gasteiger partial charge in [0.1, 0.15) is 0 Å². The number of anilines is 2. The molecule has 0 radical (unpaired) electrons. The predicted octanol–water partition coefficient (Wildman–Crippen LogP) is 2.00. The number of halogens is 1. The molecule has 0 spiro atoms. The van der Waals surface area contributed by atoms with Crippen molar-refractivity contribution in [3.8, 4) is 0 Å². The van der Waals surface area contributed by atoms with Crippen LogP contribution in [0.25, 0.3) is 0 Å². The number of rotatable bonds is 7. The molecule has 1 aromatic rings. The van der Waals surface area contributed by atoms with E-state index in [1.54, 1.807) is 13.2 Å². The lowest BCUT2D eigenvalue weighted by Gasteiger charge is -2.20. The molecule has 1 aromatic carbocycles. The number of benzene rings is 1. The van der Waals surface area contributed by atoms with E-state index in [0.29, 0.717) is 24.6 Å². The van der Waals surface area contributed by atoms with Crippen LogP contribution in [0, 0.1) is 0 Å². The summed E-state index contributed by atoms with van der Waals surface area (Å²) in [4.78, 5) is 11.4. The minimum Gasteiger partial charge on any atom is -0.383 e. The third-order valence-corrected chi connectivity index (χ3v) is 3.61. The summed E-state index contributed by atoms with van der Waals surface area (Å²) < 4.78 is 5.21. The fourth-order valence-corrected chi connectivity index (χ4v) is 2.56. The highest BCUT2D eigenvalue weighted by molar-refractivity contribution is 6.33. The Morgan fingerprint density at radius 1 is 1.55 bits per heavy atom. The highest BCUT2D eigenvalue weighted by atomic mass is 35.5. The van der Waals surface area contributed by atoms with Gasteiger partial charge in [0.2, 0.25) is 5.91 Å². The first-order valence-electron chi connectivity index (χ1n) is 6.72. The summed E-state index contributed by atoms with van der Waals surface area (Å²) in [5.74, 6) is 0.00444. The van der Waals surface area contributed by atoms with Gasteiger partial charge >= 0.3 is 0 Å². The molecular weight excluding hydrogens is 278 g/mol. The first-order valence-corrected chi connectivity index (χ1v) is 7.09. The van der Waals surface area contributed by atoms with Crippen molar-refractivity contribution in [3.05, 3.63) is 22.7 Å². The van der Waals surface area contributed by atoms with Crippen LogP contribution in [0.5, 0.6) is 0 Å². The van der Waals surface area contributed by atoms with Crippen LogP contribution in [0.2, 0.25) is 5.02 Å². The van der Waals surface area contributed by atoms with Crippen LogP contribution >= 0.6 is 11.6 Å². The number of hydrogen-bond acceptors (Lipinski definition) is 4. The molecule has 5 nitrogen and oxygen atoms in total. The summed E-state index contributed by atoms with van der Waals surface area (Å²) >= 11 is 6.25. The van der Waals surface area contributed by atoms with Crippen molar-refractivity contribution in [1.29, 1.82) is 0 Å². The number of nitrogens with two attached hydrogens (primary N) is 1. The van der Waals surface area contributed by atoms with Crippen LogP contribution in [-0.4, -0.2) is 32.2 Å². The fourth-order valence-electron chi connectivity index (χ4n) is 2.34. The second-order valence-corrected chi connectivity index (χ2v) is 5.35. The van der Waals surface area contributed by atoms with Crippen molar-refractivity contribution in [1.82, 2.24) is 0 Å². The van der Waals surface area contributed by atoms with Gasteiger partial charge in [-0.15, -0.1) is 0 Å². The van der Waals surface area contributed by atoms with E-state index in [4.69, 9.17) is 22.1 Å². The van der Waals surface area contributed by atoms with Gasteiger partial charge in [0, 0.05) is 18.8 Å². The number of methoxy groups -OCH3 is 1. The number of nitrogens with one attached hydrogen (secondary N) is 2. The lowest BCUT2D eigenvalue weighted by Crippen LogP contribution is -2.26. The van der Waals surface area contributed by atoms with Gasteiger partial charge in [-0.3, -0.25) is 4.79 Å². The van der Waals surface area contributed by atoms with E-state index in [0.717, 1.165) is 29.8 Å². The minimum absolute atomic E-state index is 0.00444. The summed E-state index contributed by atoms with van der Waals surface area (Å²) in [6.07, 6.45) is 2.23. The second-order valence-electron chi connectivity index (χ2n) is 4.94. The van der Waals surface area contributed by atoms with Crippen LogP contribution in [0.3, 0.4) is 0 Å². The zero-order valence-electron chi connectivity index (χ0n) is 11.5.